The molecule has 0 atom stereocenters. The zero-order valence-corrected chi connectivity index (χ0v) is 14.0. The lowest BCUT2D eigenvalue weighted by Crippen LogP contribution is -2.31. The van der Waals surface area contributed by atoms with E-state index in [2.05, 4.69) is 18.2 Å². The van der Waals surface area contributed by atoms with Crippen LogP contribution in [-0.4, -0.2) is 18.7 Å². The van der Waals surface area contributed by atoms with Crippen LogP contribution >= 0.6 is 0 Å². The van der Waals surface area contributed by atoms with E-state index in [-0.39, 0.29) is 11.6 Å². The van der Waals surface area contributed by atoms with Crippen LogP contribution in [0, 0.1) is 5.41 Å². The quantitative estimate of drug-likeness (QED) is 0.785. The summed E-state index contributed by atoms with van der Waals surface area (Å²) in [7, 11) is 1.68. The van der Waals surface area contributed by atoms with E-state index in [4.69, 9.17) is 4.74 Å². The maximum absolute atomic E-state index is 12.3. The van der Waals surface area contributed by atoms with Crippen LogP contribution in [0.25, 0.3) is 5.57 Å². The first-order valence-electron chi connectivity index (χ1n) is 8.53. The second-order valence-corrected chi connectivity index (χ2v) is 6.59. The fourth-order valence-corrected chi connectivity index (χ4v) is 3.96. The molecule has 0 saturated heterocycles. The summed E-state index contributed by atoms with van der Waals surface area (Å²) in [5, 5.41) is 0. The topological polar surface area (TPSA) is 43.4 Å². The molecule has 0 radical (unpaired) electrons. The van der Waals surface area contributed by atoms with Crippen molar-refractivity contribution in [1.82, 2.24) is 0 Å². The van der Waals surface area contributed by atoms with Crippen molar-refractivity contribution in [3.8, 4) is 5.75 Å². The summed E-state index contributed by atoms with van der Waals surface area (Å²) >= 11 is 0. The van der Waals surface area contributed by atoms with Crippen molar-refractivity contribution in [3.63, 3.8) is 0 Å². The van der Waals surface area contributed by atoms with Gasteiger partial charge in [0.1, 0.15) is 17.3 Å². The van der Waals surface area contributed by atoms with Crippen LogP contribution in [0.2, 0.25) is 0 Å². The highest BCUT2D eigenvalue weighted by atomic mass is 16.5. The van der Waals surface area contributed by atoms with Gasteiger partial charge in [-0.25, -0.2) is 0 Å². The standard InChI is InChI=1S/C20H24O3/c1-3-20(18(21)9-10-19(20)22)12-11-14-5-4-6-15-13-16(23-2)7-8-17(14)15/h7-8,11,13H,3-6,9-10,12H2,1-2H3. The lowest BCUT2D eigenvalue weighted by atomic mass is 9.76. The number of fused-ring (bicyclic) bond motifs is 1. The lowest BCUT2D eigenvalue weighted by Gasteiger charge is -2.25. The molecule has 0 bridgehead atoms. The molecule has 1 aromatic rings. The van der Waals surface area contributed by atoms with Crippen molar-refractivity contribution in [2.24, 2.45) is 5.41 Å². The molecule has 0 amide bonds. The first-order valence-corrected chi connectivity index (χ1v) is 8.53. The number of ketones is 2. The summed E-state index contributed by atoms with van der Waals surface area (Å²) in [4.78, 5) is 24.5. The Labute approximate surface area is 137 Å². The first kappa shape index (κ1) is 16.0. The maximum atomic E-state index is 12.3. The number of allylic oxidation sites excluding steroid dienone is 2. The number of hydrogen-bond acceptors (Lipinski definition) is 3. The van der Waals surface area contributed by atoms with E-state index < -0.39 is 5.41 Å². The number of carbonyl (C=O) groups excluding carboxylic acids is 2. The van der Waals surface area contributed by atoms with Crippen LogP contribution < -0.4 is 4.74 Å². The van der Waals surface area contributed by atoms with Crippen LogP contribution in [0.5, 0.6) is 5.75 Å². The number of carbonyl (C=O) groups is 2. The van der Waals surface area contributed by atoms with Gasteiger partial charge in [-0.05, 0) is 60.9 Å². The molecule has 3 nitrogen and oxygen atoms in total. The molecule has 1 saturated carbocycles. The minimum Gasteiger partial charge on any atom is -0.497 e. The Morgan fingerprint density at radius 2 is 1.87 bits per heavy atom. The Balaban J connectivity index is 1.90. The lowest BCUT2D eigenvalue weighted by molar-refractivity contribution is -0.134. The van der Waals surface area contributed by atoms with E-state index in [0.717, 1.165) is 25.0 Å². The summed E-state index contributed by atoms with van der Waals surface area (Å²) in [6, 6.07) is 6.19. The van der Waals surface area contributed by atoms with Gasteiger partial charge in [0.15, 0.2) is 0 Å². The molecule has 1 aromatic carbocycles. The molecule has 0 heterocycles. The third-order valence-corrected chi connectivity index (χ3v) is 5.50. The Hall–Kier alpha value is -1.90. The molecule has 0 N–H and O–H groups in total. The predicted molar refractivity (Wildman–Crippen MR) is 90.5 cm³/mol. The number of rotatable bonds is 4. The van der Waals surface area contributed by atoms with Crippen LogP contribution in [-0.2, 0) is 16.0 Å². The fraction of sp³-hybridized carbons (Fsp3) is 0.500. The van der Waals surface area contributed by atoms with Gasteiger partial charge in [-0.3, -0.25) is 9.59 Å². The summed E-state index contributed by atoms with van der Waals surface area (Å²) in [5.74, 6) is 1.15. The Bertz CT molecular complexity index is 653. The molecular formula is C20H24O3. The highest BCUT2D eigenvalue weighted by Gasteiger charge is 2.46. The molecule has 2 aliphatic rings. The van der Waals surface area contributed by atoms with Gasteiger partial charge >= 0.3 is 0 Å². The summed E-state index contributed by atoms with van der Waals surface area (Å²) < 4.78 is 5.31. The van der Waals surface area contributed by atoms with E-state index >= 15 is 0 Å². The van der Waals surface area contributed by atoms with Crippen molar-refractivity contribution in [2.45, 2.75) is 51.9 Å². The number of aryl methyl sites for hydroxylation is 1. The smallest absolute Gasteiger partial charge is 0.147 e. The van der Waals surface area contributed by atoms with Crippen LogP contribution in [0.4, 0.5) is 0 Å². The third kappa shape index (κ3) is 2.73. The van der Waals surface area contributed by atoms with Crippen molar-refractivity contribution >= 4 is 17.1 Å². The number of ether oxygens (including phenoxy) is 1. The number of hydrogen-bond donors (Lipinski definition) is 0. The van der Waals surface area contributed by atoms with Crippen molar-refractivity contribution in [1.29, 1.82) is 0 Å². The second-order valence-electron chi connectivity index (χ2n) is 6.59. The van der Waals surface area contributed by atoms with Crippen LogP contribution in [0.15, 0.2) is 24.3 Å². The number of methoxy groups -OCH3 is 1. The SMILES string of the molecule is CCC1(CC=C2CCCc3cc(OC)ccc32)C(=O)CCC1=O. The van der Waals surface area contributed by atoms with Gasteiger partial charge in [-0.2, -0.15) is 0 Å². The molecule has 3 rings (SSSR count). The zero-order valence-electron chi connectivity index (χ0n) is 14.0. The van der Waals surface area contributed by atoms with Gasteiger partial charge < -0.3 is 4.74 Å². The number of Topliss-reactive ketones (excluding diaryl/α,β-unsaturated/α-hetero) is 2. The first-order chi connectivity index (χ1) is 11.1. The fourth-order valence-electron chi connectivity index (χ4n) is 3.96. The largest absolute Gasteiger partial charge is 0.497 e. The normalized spacial score (nSPS) is 21.6. The molecule has 0 aromatic heterocycles. The molecule has 0 spiro atoms. The Kier molecular flexibility index (Phi) is 4.38. The molecule has 2 aliphatic carbocycles. The highest BCUT2D eigenvalue weighted by Crippen LogP contribution is 2.41. The average Bonchev–Trinajstić information content (AvgIpc) is 2.87. The van der Waals surface area contributed by atoms with E-state index in [1.165, 1.54) is 16.7 Å². The summed E-state index contributed by atoms with van der Waals surface area (Å²) in [5.41, 5.74) is 3.07. The zero-order chi connectivity index (χ0) is 16.4. The van der Waals surface area contributed by atoms with E-state index in [0.29, 0.717) is 25.7 Å². The third-order valence-electron chi connectivity index (χ3n) is 5.50. The van der Waals surface area contributed by atoms with E-state index in [1.54, 1.807) is 7.11 Å². The van der Waals surface area contributed by atoms with E-state index in [9.17, 15) is 9.59 Å². The van der Waals surface area contributed by atoms with E-state index in [1.807, 2.05) is 13.0 Å². The molecule has 1 fully saturated rings. The van der Waals surface area contributed by atoms with Crippen molar-refractivity contribution in [2.75, 3.05) is 7.11 Å². The van der Waals surface area contributed by atoms with Crippen LogP contribution in [0.3, 0.4) is 0 Å². The Morgan fingerprint density at radius 3 is 2.52 bits per heavy atom. The predicted octanol–water partition coefficient (Wildman–Crippen LogP) is 4.13. The second kappa shape index (κ2) is 6.31. The molecule has 3 heteroatoms. The van der Waals surface area contributed by atoms with Gasteiger partial charge in [0, 0.05) is 12.8 Å². The van der Waals surface area contributed by atoms with Gasteiger partial charge in [0.2, 0.25) is 0 Å². The molecule has 23 heavy (non-hydrogen) atoms. The van der Waals surface area contributed by atoms with Crippen molar-refractivity contribution in [3.05, 3.63) is 35.4 Å². The minimum atomic E-state index is -0.753. The van der Waals surface area contributed by atoms with Crippen LogP contribution in [0.1, 0.15) is 56.6 Å². The molecule has 122 valence electrons. The summed E-state index contributed by atoms with van der Waals surface area (Å²) in [6.07, 6.45) is 7.34. The van der Waals surface area contributed by atoms with Gasteiger partial charge in [0.05, 0.1) is 12.5 Å². The van der Waals surface area contributed by atoms with Gasteiger partial charge in [0.25, 0.3) is 0 Å². The molecule has 0 aliphatic heterocycles. The highest BCUT2D eigenvalue weighted by molar-refractivity contribution is 6.13. The minimum absolute atomic E-state index is 0.132. The monoisotopic (exact) mass is 312 g/mol. The van der Waals surface area contributed by atoms with Gasteiger partial charge in [-0.15, -0.1) is 0 Å². The summed E-state index contributed by atoms with van der Waals surface area (Å²) in [6.45, 7) is 1.96. The average molecular weight is 312 g/mol. The van der Waals surface area contributed by atoms with Gasteiger partial charge in [-0.1, -0.05) is 19.1 Å². The number of benzene rings is 1. The van der Waals surface area contributed by atoms with Crippen molar-refractivity contribution < 1.29 is 14.3 Å². The maximum Gasteiger partial charge on any atom is 0.147 e. The molecule has 0 unspecified atom stereocenters. The Morgan fingerprint density at radius 1 is 1.13 bits per heavy atom. The molecular weight excluding hydrogens is 288 g/mol.